The average molecular weight is 902 g/mol. The number of aliphatic hydroxyl groups is 3. The molecule has 18 heteroatoms. The summed E-state index contributed by atoms with van der Waals surface area (Å²) in [6, 6.07) is 18.2. The maximum absolute atomic E-state index is 14.0. The van der Waals surface area contributed by atoms with E-state index in [0.29, 0.717) is 5.56 Å². The fourth-order valence-electron chi connectivity index (χ4n) is 7.79. The lowest BCUT2D eigenvalue weighted by Gasteiger charge is -2.42. The monoisotopic (exact) mass is 901 g/mol. The summed E-state index contributed by atoms with van der Waals surface area (Å²) in [6.07, 6.45) is -6.15. The fraction of sp³-hybridized carbons (Fsp3) is 0.311. The normalized spacial score (nSPS) is 22.5. The van der Waals surface area contributed by atoms with E-state index in [1.807, 2.05) is 36.4 Å². The summed E-state index contributed by atoms with van der Waals surface area (Å²) in [7, 11) is 4.36. The van der Waals surface area contributed by atoms with Gasteiger partial charge in [-0.05, 0) is 48.4 Å². The summed E-state index contributed by atoms with van der Waals surface area (Å²) in [6.45, 7) is 3.86. The van der Waals surface area contributed by atoms with Crippen LogP contribution in [0.1, 0.15) is 80.0 Å². The van der Waals surface area contributed by atoms with E-state index < -0.39 is 108 Å². The van der Waals surface area contributed by atoms with Gasteiger partial charge < -0.3 is 54.5 Å². The Morgan fingerprint density at radius 1 is 0.905 bits per heavy atom. The third-order valence-electron chi connectivity index (χ3n) is 11.1. The highest BCUT2D eigenvalue weighted by Gasteiger charge is 2.50. The van der Waals surface area contributed by atoms with E-state index in [2.05, 4.69) is 11.9 Å². The maximum Gasteiger partial charge on any atom is 0.407 e. The number of phenolic OH excluding ortho intramolecular Hbond substituents is 2. The van der Waals surface area contributed by atoms with Crippen molar-refractivity contribution in [1.29, 1.82) is 0 Å². The second-order valence-corrected chi connectivity index (χ2v) is 17.4. The van der Waals surface area contributed by atoms with Crippen molar-refractivity contribution in [3.8, 4) is 17.2 Å². The number of methoxy groups -OCH3 is 1. The van der Waals surface area contributed by atoms with Crippen LogP contribution in [-0.4, -0.2) is 98.8 Å². The lowest BCUT2D eigenvalue weighted by Crippen LogP contribution is -2.56. The minimum Gasteiger partial charge on any atom is -0.507 e. The van der Waals surface area contributed by atoms with E-state index in [0.717, 1.165) is 21.4 Å². The number of hydrogen-bond acceptors (Lipinski definition) is 17. The standard InChI is InChI=1S/C45H43NO15S2/c1-4-33(49)58-20-23-8-12-25(13-9-23)62-63-26-14-10-24(11-15-26)21-59-44(55)46-29-16-34(60-22(2)39(29)50)61-31-18-45(56,32(48)19-47)17-28-36(31)43(54)38-37(41(28)52)40(51)27-6-5-7-30(57-3)35(27)42(38)53/h4-15,22,29,31,34,39,47,50,52,54,56H,1,16-21H2,2-3H3,(H,46,55)/t22?,29?,31-,34?,39?,45-/m1/s1. The van der Waals surface area contributed by atoms with E-state index in [9.17, 15) is 49.5 Å². The van der Waals surface area contributed by atoms with Gasteiger partial charge in [0, 0.05) is 51.8 Å². The minimum absolute atomic E-state index is 0.0546. The Bertz CT molecular complexity index is 2460. The van der Waals surface area contributed by atoms with Gasteiger partial charge in [-0.25, -0.2) is 9.59 Å². The number of carbonyl (C=O) groups is 5. The van der Waals surface area contributed by atoms with E-state index >= 15 is 0 Å². The first-order chi connectivity index (χ1) is 30.2. The Balaban J connectivity index is 1.02. The van der Waals surface area contributed by atoms with Crippen molar-refractivity contribution >= 4 is 51.0 Å². The number of amides is 1. The summed E-state index contributed by atoms with van der Waals surface area (Å²) in [4.78, 5) is 67.0. The number of phenols is 2. The number of hydrogen-bond donors (Lipinski definition) is 6. The van der Waals surface area contributed by atoms with Gasteiger partial charge in [0.15, 0.2) is 17.9 Å². The molecule has 3 aliphatic rings. The lowest BCUT2D eigenvalue weighted by atomic mass is 9.72. The zero-order valence-corrected chi connectivity index (χ0v) is 35.5. The minimum atomic E-state index is -2.36. The second-order valence-electron chi connectivity index (χ2n) is 15.1. The number of ether oxygens (including phenoxy) is 5. The van der Waals surface area contributed by atoms with Gasteiger partial charge >= 0.3 is 12.1 Å². The van der Waals surface area contributed by atoms with Crippen LogP contribution in [0.15, 0.2) is 89.2 Å². The molecule has 0 saturated carbocycles. The van der Waals surface area contributed by atoms with Gasteiger partial charge in [0.05, 0.1) is 42.0 Å². The number of carbonyl (C=O) groups excluding carboxylic acids is 5. The third-order valence-corrected chi connectivity index (χ3v) is 13.5. The molecule has 63 heavy (non-hydrogen) atoms. The van der Waals surface area contributed by atoms with Crippen LogP contribution in [0.3, 0.4) is 0 Å². The Hall–Kier alpha value is -5.73. The molecule has 7 rings (SSSR count). The topological polar surface area (TPSA) is 245 Å². The molecule has 4 unspecified atom stereocenters. The zero-order chi connectivity index (χ0) is 45.2. The van der Waals surface area contributed by atoms with Crippen LogP contribution in [0.25, 0.3) is 0 Å². The highest BCUT2D eigenvalue weighted by atomic mass is 33.1. The van der Waals surface area contributed by atoms with Crippen molar-refractivity contribution in [2.45, 2.75) is 85.4 Å². The first kappa shape index (κ1) is 45.3. The van der Waals surface area contributed by atoms with Crippen molar-refractivity contribution < 1.29 is 73.2 Å². The van der Waals surface area contributed by atoms with Crippen LogP contribution >= 0.6 is 21.6 Å². The van der Waals surface area contributed by atoms with Crippen LogP contribution in [0, 0.1) is 0 Å². The third kappa shape index (κ3) is 9.33. The molecule has 1 saturated heterocycles. The van der Waals surface area contributed by atoms with Gasteiger partial charge in [-0.3, -0.25) is 14.4 Å². The summed E-state index contributed by atoms with van der Waals surface area (Å²) in [5.74, 6) is -4.61. The maximum atomic E-state index is 14.0. The summed E-state index contributed by atoms with van der Waals surface area (Å²) in [5, 5.41) is 58.4. The molecule has 0 radical (unpaired) electrons. The molecule has 0 aromatic heterocycles. The van der Waals surface area contributed by atoms with Crippen molar-refractivity contribution in [2.75, 3.05) is 13.7 Å². The Kier molecular flexibility index (Phi) is 13.6. The number of aliphatic hydroxyl groups excluding tert-OH is 2. The van der Waals surface area contributed by atoms with Gasteiger partial charge in [-0.15, -0.1) is 0 Å². The van der Waals surface area contributed by atoms with Crippen LogP contribution < -0.4 is 10.1 Å². The number of rotatable bonds is 14. The molecule has 1 fully saturated rings. The molecule has 6 N–H and O–H groups in total. The molecule has 4 aromatic rings. The molecule has 4 aromatic carbocycles. The second kappa shape index (κ2) is 18.9. The predicted octanol–water partition coefficient (Wildman–Crippen LogP) is 5.00. The number of benzene rings is 4. The first-order valence-electron chi connectivity index (χ1n) is 19.6. The first-order valence-corrected chi connectivity index (χ1v) is 21.8. The SMILES string of the molecule is C=CC(=O)OCc1ccc(SSc2ccc(COC(=O)NC3CC(O[C@@H]4C[C@@](O)(C(=O)CO)Cc5c(O)c6c(c(O)c54)C(=O)c4c(OC)cccc4C6=O)OC(C)C3O)cc2)cc1. The smallest absolute Gasteiger partial charge is 0.407 e. The molecule has 0 spiro atoms. The molecule has 6 atom stereocenters. The van der Waals surface area contributed by atoms with Crippen LogP contribution in [0.5, 0.6) is 17.2 Å². The molecule has 0 bridgehead atoms. The molecule has 2 aliphatic carbocycles. The number of alkyl carbamates (subject to hydrolysis) is 1. The largest absolute Gasteiger partial charge is 0.507 e. The lowest BCUT2D eigenvalue weighted by molar-refractivity contribution is -0.249. The highest BCUT2D eigenvalue weighted by Crippen LogP contribution is 2.52. The van der Waals surface area contributed by atoms with E-state index in [-0.39, 0.29) is 47.6 Å². The fourth-order valence-corrected chi connectivity index (χ4v) is 9.72. The summed E-state index contributed by atoms with van der Waals surface area (Å²) >= 11 is 0. The van der Waals surface area contributed by atoms with Crippen molar-refractivity contribution in [3.63, 3.8) is 0 Å². The van der Waals surface area contributed by atoms with Gasteiger partial charge in [0.1, 0.15) is 48.8 Å². The number of aromatic hydroxyl groups is 2. The Morgan fingerprint density at radius 2 is 1.52 bits per heavy atom. The Labute approximate surface area is 368 Å². The summed E-state index contributed by atoms with van der Waals surface area (Å²) < 4.78 is 28.0. The molecule has 330 valence electrons. The molecule has 16 nitrogen and oxygen atoms in total. The number of esters is 1. The number of ketones is 3. The molecule has 1 heterocycles. The zero-order valence-electron chi connectivity index (χ0n) is 33.9. The quantitative estimate of drug-likeness (QED) is 0.0372. The van der Waals surface area contributed by atoms with Gasteiger partial charge in [0.25, 0.3) is 0 Å². The van der Waals surface area contributed by atoms with Crippen LogP contribution in [0.4, 0.5) is 4.79 Å². The van der Waals surface area contributed by atoms with E-state index in [1.54, 1.807) is 12.1 Å². The van der Waals surface area contributed by atoms with Crippen LogP contribution in [0.2, 0.25) is 0 Å². The van der Waals surface area contributed by atoms with Gasteiger partial charge in [-0.1, -0.05) is 64.6 Å². The number of fused-ring (bicyclic) bond motifs is 3. The van der Waals surface area contributed by atoms with Gasteiger partial charge in [0.2, 0.25) is 5.78 Å². The highest BCUT2D eigenvalue weighted by molar-refractivity contribution is 8.76. The Morgan fingerprint density at radius 3 is 2.13 bits per heavy atom. The molecular formula is C45H43NO15S2. The number of nitrogens with one attached hydrogen (secondary N) is 1. The predicted molar refractivity (Wildman–Crippen MR) is 225 cm³/mol. The van der Waals surface area contributed by atoms with Crippen molar-refractivity contribution in [2.24, 2.45) is 0 Å². The average Bonchev–Trinajstić information content (AvgIpc) is 3.28. The van der Waals surface area contributed by atoms with Crippen LogP contribution in [-0.2, 0) is 48.2 Å². The van der Waals surface area contributed by atoms with Crippen molar-refractivity contribution in [3.05, 3.63) is 124 Å². The number of Topliss-reactive ketones (excluding diaryl/α,β-unsaturated/α-hetero) is 1. The molecule has 1 aliphatic heterocycles. The molecular weight excluding hydrogens is 859 g/mol. The van der Waals surface area contributed by atoms with E-state index in [1.165, 1.54) is 53.8 Å². The summed E-state index contributed by atoms with van der Waals surface area (Å²) in [5.41, 5.74) is -2.59. The van der Waals surface area contributed by atoms with E-state index in [4.69, 9.17) is 23.7 Å². The van der Waals surface area contributed by atoms with Gasteiger partial charge in [-0.2, -0.15) is 0 Å². The van der Waals surface area contributed by atoms with Crippen molar-refractivity contribution in [1.82, 2.24) is 5.32 Å². The molecule has 1 amide bonds.